The largest absolute Gasteiger partial charge is 0.328 e. The molecule has 20 heavy (non-hydrogen) atoms. The lowest BCUT2D eigenvalue weighted by molar-refractivity contribution is 0.103. The number of H-pyrrole nitrogens is 1. The van der Waals surface area contributed by atoms with Gasteiger partial charge in [-0.25, -0.2) is 0 Å². The Bertz CT molecular complexity index is 681. The lowest BCUT2D eigenvalue weighted by atomic mass is 10.2. The van der Waals surface area contributed by atoms with E-state index >= 15 is 0 Å². The van der Waals surface area contributed by atoms with Crippen molar-refractivity contribution >= 4 is 23.4 Å². The Morgan fingerprint density at radius 3 is 2.80 bits per heavy atom. The number of aromatic nitrogens is 4. The molecule has 1 fully saturated rings. The van der Waals surface area contributed by atoms with Crippen molar-refractivity contribution in [2.45, 2.75) is 19.5 Å². The number of aryl methyl sites for hydroxylation is 2. The van der Waals surface area contributed by atoms with Gasteiger partial charge >= 0.3 is 0 Å². The van der Waals surface area contributed by atoms with Crippen LogP contribution in [0.1, 0.15) is 5.69 Å². The van der Waals surface area contributed by atoms with E-state index in [1.54, 1.807) is 0 Å². The standard InChI is InChI=1S/C13H22N6S/c1-9-11-12(18(4)15-9)19(13(20)14-11)8-10-7-16(2)5-6-17(10)3/h10H,5-8H2,1-4H3,(H,14,20). The third-order valence-corrected chi connectivity index (χ3v) is 4.62. The molecular formula is C13H22N6S. The maximum Gasteiger partial charge on any atom is 0.179 e. The van der Waals surface area contributed by atoms with Gasteiger partial charge in [0.05, 0.1) is 5.69 Å². The molecule has 1 N–H and O–H groups in total. The summed E-state index contributed by atoms with van der Waals surface area (Å²) in [4.78, 5) is 8.10. The SMILES string of the molecule is Cc1nn(C)c2c1[nH]c(=S)n2CC1CN(C)CCN1C. The monoisotopic (exact) mass is 294 g/mol. The Kier molecular flexibility index (Phi) is 3.43. The van der Waals surface area contributed by atoms with Crippen LogP contribution in [0.5, 0.6) is 0 Å². The van der Waals surface area contributed by atoms with Crippen molar-refractivity contribution in [3.8, 4) is 0 Å². The van der Waals surface area contributed by atoms with Crippen LogP contribution < -0.4 is 0 Å². The summed E-state index contributed by atoms with van der Waals surface area (Å²) in [6.45, 7) is 6.22. The minimum absolute atomic E-state index is 0.481. The summed E-state index contributed by atoms with van der Waals surface area (Å²) in [6, 6.07) is 0.481. The highest BCUT2D eigenvalue weighted by Gasteiger charge is 2.24. The molecule has 3 heterocycles. The van der Waals surface area contributed by atoms with E-state index in [9.17, 15) is 0 Å². The first-order valence-electron chi connectivity index (χ1n) is 6.98. The van der Waals surface area contributed by atoms with Gasteiger partial charge < -0.3 is 14.5 Å². The average molecular weight is 294 g/mol. The predicted molar refractivity (Wildman–Crippen MR) is 82.5 cm³/mol. The first-order valence-corrected chi connectivity index (χ1v) is 7.39. The third kappa shape index (κ3) is 2.19. The van der Waals surface area contributed by atoms with E-state index in [4.69, 9.17) is 12.2 Å². The molecule has 0 saturated carbocycles. The maximum absolute atomic E-state index is 5.50. The Balaban J connectivity index is 1.98. The fourth-order valence-corrected chi connectivity index (χ4v) is 3.31. The van der Waals surface area contributed by atoms with E-state index in [1.807, 2.05) is 18.7 Å². The number of nitrogens with zero attached hydrogens (tertiary/aromatic N) is 5. The van der Waals surface area contributed by atoms with Crippen LogP contribution in [0.15, 0.2) is 0 Å². The Morgan fingerprint density at radius 1 is 1.30 bits per heavy atom. The Hall–Kier alpha value is -1.18. The van der Waals surface area contributed by atoms with Crippen molar-refractivity contribution in [1.29, 1.82) is 0 Å². The first-order chi connectivity index (χ1) is 9.47. The summed E-state index contributed by atoms with van der Waals surface area (Å²) < 4.78 is 4.90. The third-order valence-electron chi connectivity index (χ3n) is 4.30. The van der Waals surface area contributed by atoms with Crippen molar-refractivity contribution in [3.63, 3.8) is 0 Å². The topological polar surface area (TPSA) is 45.0 Å². The zero-order valence-corrected chi connectivity index (χ0v) is 13.4. The van der Waals surface area contributed by atoms with Crippen LogP contribution >= 0.6 is 12.2 Å². The van der Waals surface area contributed by atoms with Crippen molar-refractivity contribution in [2.24, 2.45) is 7.05 Å². The van der Waals surface area contributed by atoms with Gasteiger partial charge in [0, 0.05) is 39.3 Å². The van der Waals surface area contributed by atoms with Crippen LogP contribution in [0.3, 0.4) is 0 Å². The molecule has 3 rings (SSSR count). The molecule has 0 bridgehead atoms. The predicted octanol–water partition coefficient (Wildman–Crippen LogP) is 0.987. The molecule has 1 atom stereocenters. The van der Waals surface area contributed by atoms with Crippen LogP contribution in [0.4, 0.5) is 0 Å². The van der Waals surface area contributed by atoms with Gasteiger partial charge in [-0.3, -0.25) is 9.58 Å². The van der Waals surface area contributed by atoms with Gasteiger partial charge in [-0.15, -0.1) is 0 Å². The summed E-state index contributed by atoms with van der Waals surface area (Å²) in [7, 11) is 6.35. The Labute approximate surface area is 124 Å². The van der Waals surface area contributed by atoms with E-state index in [1.165, 1.54) is 0 Å². The van der Waals surface area contributed by atoms with E-state index in [0.29, 0.717) is 6.04 Å². The summed E-state index contributed by atoms with van der Waals surface area (Å²) in [5.41, 5.74) is 3.15. The number of piperazine rings is 1. The number of hydrogen-bond donors (Lipinski definition) is 1. The van der Waals surface area contributed by atoms with Crippen LogP contribution in [0.25, 0.3) is 11.2 Å². The first kappa shape index (κ1) is 13.8. The molecule has 0 amide bonds. The molecule has 1 unspecified atom stereocenters. The van der Waals surface area contributed by atoms with Gasteiger partial charge in [0.15, 0.2) is 10.4 Å². The van der Waals surface area contributed by atoms with E-state index < -0.39 is 0 Å². The molecule has 2 aromatic heterocycles. The van der Waals surface area contributed by atoms with Gasteiger partial charge in [-0.1, -0.05) is 0 Å². The normalized spacial score (nSPS) is 21.9. The van der Waals surface area contributed by atoms with Crippen LogP contribution in [0, 0.1) is 11.7 Å². The highest BCUT2D eigenvalue weighted by molar-refractivity contribution is 7.71. The van der Waals surface area contributed by atoms with Crippen molar-refractivity contribution < 1.29 is 0 Å². The molecule has 1 aliphatic rings. The lowest BCUT2D eigenvalue weighted by Gasteiger charge is -2.37. The van der Waals surface area contributed by atoms with Crippen LogP contribution in [0.2, 0.25) is 0 Å². The van der Waals surface area contributed by atoms with Crippen LogP contribution in [-0.2, 0) is 13.6 Å². The average Bonchev–Trinajstić information content (AvgIpc) is 2.84. The lowest BCUT2D eigenvalue weighted by Crippen LogP contribution is -2.51. The van der Waals surface area contributed by atoms with Crippen molar-refractivity contribution in [1.82, 2.24) is 29.1 Å². The van der Waals surface area contributed by atoms with Gasteiger partial charge in [-0.05, 0) is 33.2 Å². The summed E-state index contributed by atoms with van der Waals surface area (Å²) in [5, 5.41) is 4.47. The molecular weight excluding hydrogens is 272 g/mol. The van der Waals surface area contributed by atoms with Crippen molar-refractivity contribution in [3.05, 3.63) is 10.5 Å². The molecule has 0 radical (unpaired) electrons. The zero-order valence-electron chi connectivity index (χ0n) is 12.6. The van der Waals surface area contributed by atoms with Gasteiger partial charge in [0.25, 0.3) is 0 Å². The quantitative estimate of drug-likeness (QED) is 0.839. The number of rotatable bonds is 2. The second-order valence-electron chi connectivity index (χ2n) is 5.85. The summed E-state index contributed by atoms with van der Waals surface area (Å²) >= 11 is 5.50. The minimum Gasteiger partial charge on any atom is -0.328 e. The van der Waals surface area contributed by atoms with Crippen molar-refractivity contribution in [2.75, 3.05) is 33.7 Å². The zero-order chi connectivity index (χ0) is 14.4. The number of aromatic amines is 1. The molecule has 7 heteroatoms. The number of imidazole rings is 1. The summed E-state index contributed by atoms with van der Waals surface area (Å²) in [6.07, 6.45) is 0. The van der Waals surface area contributed by atoms with E-state index in [0.717, 1.165) is 47.8 Å². The van der Waals surface area contributed by atoms with Gasteiger partial charge in [0.1, 0.15) is 5.52 Å². The molecule has 2 aromatic rings. The molecule has 1 saturated heterocycles. The minimum atomic E-state index is 0.481. The molecule has 6 nitrogen and oxygen atoms in total. The number of nitrogens with one attached hydrogen (secondary N) is 1. The fraction of sp³-hybridized carbons (Fsp3) is 0.692. The maximum atomic E-state index is 5.50. The van der Waals surface area contributed by atoms with E-state index in [2.05, 4.69) is 38.5 Å². The Morgan fingerprint density at radius 2 is 2.05 bits per heavy atom. The molecule has 110 valence electrons. The summed E-state index contributed by atoms with van der Waals surface area (Å²) in [5.74, 6) is 0. The molecule has 1 aliphatic heterocycles. The highest BCUT2D eigenvalue weighted by atomic mass is 32.1. The number of likely N-dealkylation sites (N-methyl/N-ethyl adjacent to an activating group) is 2. The number of hydrogen-bond acceptors (Lipinski definition) is 4. The second-order valence-corrected chi connectivity index (χ2v) is 6.23. The molecule has 0 spiro atoms. The molecule has 0 aliphatic carbocycles. The van der Waals surface area contributed by atoms with Gasteiger partial charge in [-0.2, -0.15) is 5.10 Å². The fourth-order valence-electron chi connectivity index (χ4n) is 3.05. The van der Waals surface area contributed by atoms with E-state index in [-0.39, 0.29) is 0 Å². The highest BCUT2D eigenvalue weighted by Crippen LogP contribution is 2.19. The second kappa shape index (κ2) is 4.98. The molecule has 0 aromatic carbocycles. The number of fused-ring (bicyclic) bond motifs is 1. The smallest absolute Gasteiger partial charge is 0.179 e. The van der Waals surface area contributed by atoms with Crippen LogP contribution in [-0.4, -0.2) is 68.9 Å². The van der Waals surface area contributed by atoms with Gasteiger partial charge in [0.2, 0.25) is 0 Å².